The standard InChI is InChI=1S/C11H11Cl3N2O3S2.BrH/c1-15-10-16(2)11(17,5-20-10)6-3-9(21(14,18)19)8(13)4-7(6)12;/h3-4,17H,5H2,1-2H3;1H. The molecular formula is C11H12BrCl3N2O3S2. The van der Waals surface area contributed by atoms with Crippen LogP contribution in [0.1, 0.15) is 5.56 Å². The number of benzene rings is 1. The molecule has 124 valence electrons. The quantitative estimate of drug-likeness (QED) is 0.672. The number of aliphatic imine (C=N–C) groups is 1. The molecule has 0 aromatic heterocycles. The highest BCUT2D eigenvalue weighted by Crippen LogP contribution is 2.43. The molecule has 1 saturated heterocycles. The fourth-order valence-corrected chi connectivity index (χ4v) is 5.06. The molecule has 1 aliphatic heterocycles. The van der Waals surface area contributed by atoms with E-state index in [1.807, 2.05) is 0 Å². The van der Waals surface area contributed by atoms with E-state index in [1.54, 1.807) is 14.1 Å². The van der Waals surface area contributed by atoms with Gasteiger partial charge in [-0.1, -0.05) is 35.0 Å². The minimum Gasteiger partial charge on any atom is -0.366 e. The summed E-state index contributed by atoms with van der Waals surface area (Å²) < 4.78 is 23.1. The summed E-state index contributed by atoms with van der Waals surface area (Å²) in [5.41, 5.74) is -1.28. The summed E-state index contributed by atoms with van der Waals surface area (Å²) in [6.07, 6.45) is 0. The third kappa shape index (κ3) is 3.53. The van der Waals surface area contributed by atoms with E-state index < -0.39 is 14.8 Å². The van der Waals surface area contributed by atoms with Crippen molar-refractivity contribution >= 4 is 76.8 Å². The van der Waals surface area contributed by atoms with E-state index in [4.69, 9.17) is 33.9 Å². The third-order valence-corrected chi connectivity index (χ3v) is 6.51. The number of hydrogen-bond donors (Lipinski definition) is 1. The van der Waals surface area contributed by atoms with Gasteiger partial charge in [0.1, 0.15) is 4.90 Å². The molecule has 1 aromatic carbocycles. The Morgan fingerprint density at radius 3 is 2.41 bits per heavy atom. The Hall–Kier alpha value is 0.300. The smallest absolute Gasteiger partial charge is 0.262 e. The molecule has 1 aliphatic rings. The van der Waals surface area contributed by atoms with Gasteiger partial charge in [-0.25, -0.2) is 8.42 Å². The van der Waals surface area contributed by atoms with E-state index in [0.29, 0.717) is 5.17 Å². The molecule has 1 fully saturated rings. The average Bonchev–Trinajstić information content (AvgIpc) is 2.65. The van der Waals surface area contributed by atoms with Crippen LogP contribution < -0.4 is 0 Å². The van der Waals surface area contributed by atoms with E-state index in [1.165, 1.54) is 28.8 Å². The molecule has 1 atom stereocenters. The van der Waals surface area contributed by atoms with E-state index in [2.05, 4.69) is 4.99 Å². The first-order chi connectivity index (χ1) is 9.61. The van der Waals surface area contributed by atoms with Crippen molar-refractivity contribution in [3.63, 3.8) is 0 Å². The summed E-state index contributed by atoms with van der Waals surface area (Å²) in [4.78, 5) is 5.27. The van der Waals surface area contributed by atoms with Gasteiger partial charge in [0, 0.05) is 30.3 Å². The zero-order chi connectivity index (χ0) is 16.0. The maximum Gasteiger partial charge on any atom is 0.262 e. The van der Waals surface area contributed by atoms with Crippen molar-refractivity contribution in [1.29, 1.82) is 0 Å². The number of halogens is 4. The minimum atomic E-state index is -4.05. The van der Waals surface area contributed by atoms with Crippen LogP contribution in [0.15, 0.2) is 22.0 Å². The van der Waals surface area contributed by atoms with E-state index in [-0.39, 0.29) is 43.2 Å². The second-order valence-corrected chi connectivity index (χ2v) is 8.66. The highest BCUT2D eigenvalue weighted by atomic mass is 79.9. The summed E-state index contributed by atoms with van der Waals surface area (Å²) in [6, 6.07) is 2.45. The molecule has 11 heteroatoms. The lowest BCUT2D eigenvalue weighted by atomic mass is 10.0. The number of hydrogen-bond acceptors (Lipinski definition) is 5. The number of nitrogens with zero attached hydrogens (tertiary/aromatic N) is 2. The van der Waals surface area contributed by atoms with Crippen molar-refractivity contribution in [1.82, 2.24) is 4.90 Å². The van der Waals surface area contributed by atoms with Gasteiger partial charge in [0.15, 0.2) is 10.9 Å². The fourth-order valence-electron chi connectivity index (χ4n) is 2.01. The zero-order valence-corrected chi connectivity index (χ0v) is 17.0. The Kier molecular flexibility index (Phi) is 6.51. The van der Waals surface area contributed by atoms with Gasteiger partial charge in [-0.05, 0) is 12.1 Å². The largest absolute Gasteiger partial charge is 0.366 e. The molecule has 1 unspecified atom stereocenters. The van der Waals surface area contributed by atoms with Crippen LogP contribution in [-0.2, 0) is 14.8 Å². The predicted octanol–water partition coefficient (Wildman–Crippen LogP) is 3.31. The number of aliphatic hydroxyl groups is 1. The zero-order valence-electron chi connectivity index (χ0n) is 11.4. The first kappa shape index (κ1) is 20.3. The molecule has 22 heavy (non-hydrogen) atoms. The molecule has 0 saturated carbocycles. The summed E-state index contributed by atoms with van der Waals surface area (Å²) >= 11 is 13.3. The monoisotopic (exact) mass is 468 g/mol. The van der Waals surface area contributed by atoms with Crippen LogP contribution in [0.3, 0.4) is 0 Å². The van der Waals surface area contributed by atoms with Crippen LogP contribution in [0.4, 0.5) is 0 Å². The SMILES string of the molecule is Br.CN=C1SCC(O)(c2cc(S(=O)(=O)Cl)c(Cl)cc2Cl)N1C. The molecule has 2 rings (SSSR count). The van der Waals surface area contributed by atoms with E-state index in [9.17, 15) is 13.5 Å². The van der Waals surface area contributed by atoms with Crippen LogP contribution in [0.25, 0.3) is 0 Å². The molecule has 5 nitrogen and oxygen atoms in total. The van der Waals surface area contributed by atoms with Gasteiger partial charge >= 0.3 is 0 Å². The fraction of sp³-hybridized carbons (Fsp3) is 0.364. The average molecular weight is 471 g/mol. The second-order valence-electron chi connectivity index (χ2n) is 4.37. The normalized spacial score (nSPS) is 23.7. The van der Waals surface area contributed by atoms with Crippen molar-refractivity contribution in [2.75, 3.05) is 19.8 Å². The molecule has 0 amide bonds. The van der Waals surface area contributed by atoms with E-state index >= 15 is 0 Å². The maximum absolute atomic E-state index is 11.6. The molecular weight excluding hydrogens is 459 g/mol. The Bertz CT molecular complexity index is 730. The molecule has 0 radical (unpaired) electrons. The van der Waals surface area contributed by atoms with Crippen molar-refractivity contribution in [3.8, 4) is 0 Å². The predicted molar refractivity (Wildman–Crippen MR) is 97.3 cm³/mol. The van der Waals surface area contributed by atoms with Crippen molar-refractivity contribution in [3.05, 3.63) is 27.7 Å². The van der Waals surface area contributed by atoms with Gasteiger partial charge in [-0.15, -0.1) is 17.0 Å². The number of amidine groups is 1. The Labute approximate surface area is 157 Å². The van der Waals surface area contributed by atoms with E-state index in [0.717, 1.165) is 0 Å². The lowest BCUT2D eigenvalue weighted by molar-refractivity contribution is -0.0348. The molecule has 1 aromatic rings. The van der Waals surface area contributed by atoms with Gasteiger partial charge in [-0.3, -0.25) is 4.99 Å². The van der Waals surface area contributed by atoms with Crippen LogP contribution in [0, 0.1) is 0 Å². The minimum absolute atomic E-state index is 0. The van der Waals surface area contributed by atoms with Crippen LogP contribution in [0.2, 0.25) is 10.0 Å². The summed E-state index contributed by atoms with van der Waals surface area (Å²) in [7, 11) is 4.54. The molecule has 0 aliphatic carbocycles. The second kappa shape index (κ2) is 7.04. The lowest BCUT2D eigenvalue weighted by Crippen LogP contribution is -2.42. The summed E-state index contributed by atoms with van der Waals surface area (Å²) in [6.45, 7) is 0. The molecule has 0 bridgehead atoms. The van der Waals surface area contributed by atoms with Crippen molar-refractivity contribution in [2.24, 2.45) is 4.99 Å². The third-order valence-electron chi connectivity index (χ3n) is 3.15. The molecule has 1 N–H and O–H groups in total. The van der Waals surface area contributed by atoms with Crippen molar-refractivity contribution < 1.29 is 13.5 Å². The summed E-state index contributed by atoms with van der Waals surface area (Å²) in [5.74, 6) is 0.249. The number of rotatable bonds is 2. The lowest BCUT2D eigenvalue weighted by Gasteiger charge is -2.32. The van der Waals surface area contributed by atoms with Gasteiger partial charge in [0.2, 0.25) is 0 Å². The van der Waals surface area contributed by atoms with Gasteiger partial charge in [0.25, 0.3) is 9.05 Å². The highest BCUT2D eigenvalue weighted by molar-refractivity contribution is 8.93. The van der Waals surface area contributed by atoms with Gasteiger partial charge in [-0.2, -0.15) is 0 Å². The van der Waals surface area contributed by atoms with Gasteiger partial charge in [0.05, 0.1) is 15.8 Å². The maximum atomic E-state index is 11.6. The summed E-state index contributed by atoms with van der Waals surface area (Å²) in [5, 5.41) is 11.5. The first-order valence-electron chi connectivity index (χ1n) is 5.61. The Morgan fingerprint density at radius 1 is 1.36 bits per heavy atom. The number of thioether (sulfide) groups is 1. The highest BCUT2D eigenvalue weighted by Gasteiger charge is 2.44. The molecule has 0 spiro atoms. The van der Waals surface area contributed by atoms with Crippen LogP contribution >= 0.6 is 62.6 Å². The Balaban J connectivity index is 0.00000242. The van der Waals surface area contributed by atoms with Crippen molar-refractivity contribution in [2.45, 2.75) is 10.6 Å². The van der Waals surface area contributed by atoms with Crippen LogP contribution in [0.5, 0.6) is 0 Å². The molecule has 1 heterocycles. The van der Waals surface area contributed by atoms with Gasteiger partial charge < -0.3 is 10.0 Å². The Morgan fingerprint density at radius 2 is 1.95 bits per heavy atom. The first-order valence-corrected chi connectivity index (χ1v) is 9.66. The topological polar surface area (TPSA) is 70.0 Å². The van der Waals surface area contributed by atoms with Crippen LogP contribution in [-0.4, -0.2) is 43.4 Å².